The van der Waals surface area contributed by atoms with Gasteiger partial charge in [0, 0.05) is 10.9 Å². The summed E-state index contributed by atoms with van der Waals surface area (Å²) in [4.78, 5) is 4.13. The number of rotatable bonds is 3. The van der Waals surface area contributed by atoms with Crippen molar-refractivity contribution in [3.63, 3.8) is 0 Å². The molecule has 0 aliphatic carbocycles. The Morgan fingerprint density at radius 2 is 1.68 bits per heavy atom. The van der Waals surface area contributed by atoms with E-state index in [4.69, 9.17) is 4.74 Å². The molecule has 4 heteroatoms. The molecule has 2 aromatic carbocycles. The van der Waals surface area contributed by atoms with E-state index in [0.29, 0.717) is 22.4 Å². The van der Waals surface area contributed by atoms with Crippen LogP contribution in [-0.2, 0) is 0 Å². The number of aromatic nitrogens is 1. The zero-order chi connectivity index (χ0) is 18.2. The number of pyridine rings is 1. The van der Waals surface area contributed by atoms with Gasteiger partial charge < -0.3 is 4.74 Å². The number of halogens is 2. The normalized spacial score (nSPS) is 13.0. The van der Waals surface area contributed by atoms with Crippen molar-refractivity contribution in [2.45, 2.75) is 33.6 Å². The minimum absolute atomic E-state index is 0.0467. The summed E-state index contributed by atoms with van der Waals surface area (Å²) in [7, 11) is 0. The van der Waals surface area contributed by atoms with Crippen molar-refractivity contribution in [1.82, 2.24) is 4.98 Å². The second-order valence-corrected chi connectivity index (χ2v) is 7.32. The average molecular weight is 341 g/mol. The molecule has 0 aliphatic rings. The van der Waals surface area contributed by atoms with Gasteiger partial charge >= 0.3 is 0 Å². The van der Waals surface area contributed by atoms with Gasteiger partial charge in [-0.05, 0) is 35.6 Å². The van der Waals surface area contributed by atoms with Gasteiger partial charge in [-0.2, -0.15) is 0 Å². The fourth-order valence-electron chi connectivity index (χ4n) is 2.75. The Labute approximate surface area is 146 Å². The highest BCUT2D eigenvalue weighted by atomic mass is 19.1. The lowest BCUT2D eigenvalue weighted by Gasteiger charge is -2.29. The highest BCUT2D eigenvalue weighted by Crippen LogP contribution is 2.41. The maximum Gasteiger partial charge on any atom is 0.149 e. The number of hydrogen-bond donors (Lipinski definition) is 0. The van der Waals surface area contributed by atoms with E-state index in [1.807, 2.05) is 6.92 Å². The fourth-order valence-corrected chi connectivity index (χ4v) is 2.75. The van der Waals surface area contributed by atoms with E-state index >= 15 is 0 Å². The minimum Gasteiger partial charge on any atom is -0.455 e. The van der Waals surface area contributed by atoms with Gasteiger partial charge in [-0.1, -0.05) is 45.9 Å². The van der Waals surface area contributed by atoms with Crippen LogP contribution in [0.5, 0.6) is 11.5 Å². The predicted molar refractivity (Wildman–Crippen MR) is 96.0 cm³/mol. The average Bonchev–Trinajstić information content (AvgIpc) is 2.54. The van der Waals surface area contributed by atoms with Crippen LogP contribution in [0.25, 0.3) is 10.9 Å². The Hall–Kier alpha value is -2.49. The Balaban J connectivity index is 2.03. The van der Waals surface area contributed by atoms with E-state index < -0.39 is 0 Å². The van der Waals surface area contributed by atoms with E-state index in [1.165, 1.54) is 18.3 Å². The number of nitrogens with zero attached hydrogens (tertiary/aromatic N) is 1. The zero-order valence-corrected chi connectivity index (χ0v) is 14.8. The van der Waals surface area contributed by atoms with Gasteiger partial charge in [-0.3, -0.25) is 0 Å². The van der Waals surface area contributed by atoms with Crippen molar-refractivity contribution in [3.8, 4) is 11.5 Å². The minimum atomic E-state index is -0.378. The summed E-state index contributed by atoms with van der Waals surface area (Å²) in [5.74, 6) is 0.192. The van der Waals surface area contributed by atoms with Crippen LogP contribution in [0.3, 0.4) is 0 Å². The third kappa shape index (κ3) is 3.48. The monoisotopic (exact) mass is 341 g/mol. The predicted octanol–water partition coefficient (Wildman–Crippen LogP) is 6.45. The molecular weight excluding hydrogens is 320 g/mol. The molecule has 0 amide bonds. The number of ether oxygens (including phenoxy) is 1. The molecule has 0 radical (unpaired) electrons. The van der Waals surface area contributed by atoms with Gasteiger partial charge in [-0.15, -0.1) is 0 Å². The first-order valence-corrected chi connectivity index (χ1v) is 8.28. The second kappa shape index (κ2) is 6.43. The molecule has 0 aliphatic heterocycles. The van der Waals surface area contributed by atoms with E-state index in [0.717, 1.165) is 0 Å². The number of benzene rings is 2. The van der Waals surface area contributed by atoms with E-state index in [9.17, 15) is 8.78 Å². The molecule has 1 aromatic heterocycles. The van der Waals surface area contributed by atoms with Gasteiger partial charge in [0.2, 0.25) is 0 Å². The van der Waals surface area contributed by atoms with Gasteiger partial charge in [0.05, 0.1) is 6.20 Å². The first-order valence-electron chi connectivity index (χ1n) is 8.28. The lowest BCUT2D eigenvalue weighted by atomic mass is 9.77. The van der Waals surface area contributed by atoms with Gasteiger partial charge in [0.1, 0.15) is 28.7 Å². The third-order valence-electron chi connectivity index (χ3n) is 4.61. The topological polar surface area (TPSA) is 22.1 Å². The SMILES string of the molecule is CC(c1c(F)cccc1Oc1cnc2c(F)cccc2c1)C(C)(C)C. The van der Waals surface area contributed by atoms with Crippen molar-refractivity contribution in [2.24, 2.45) is 5.41 Å². The molecule has 0 saturated carbocycles. The van der Waals surface area contributed by atoms with E-state index in [-0.39, 0.29) is 28.5 Å². The Bertz CT molecular complexity index is 915. The van der Waals surface area contributed by atoms with E-state index in [2.05, 4.69) is 25.8 Å². The molecule has 3 rings (SSSR count). The van der Waals surface area contributed by atoms with Crippen molar-refractivity contribution in [2.75, 3.05) is 0 Å². The summed E-state index contributed by atoms with van der Waals surface area (Å²) in [6.07, 6.45) is 1.46. The lowest BCUT2D eigenvalue weighted by molar-refractivity contribution is 0.322. The first-order chi connectivity index (χ1) is 11.8. The van der Waals surface area contributed by atoms with Crippen LogP contribution in [0.1, 0.15) is 39.2 Å². The second-order valence-electron chi connectivity index (χ2n) is 7.32. The van der Waals surface area contributed by atoms with Crippen LogP contribution in [0.2, 0.25) is 0 Å². The van der Waals surface area contributed by atoms with Gasteiger partial charge in [-0.25, -0.2) is 13.8 Å². The number of fused-ring (bicyclic) bond motifs is 1. The van der Waals surface area contributed by atoms with Crippen molar-refractivity contribution < 1.29 is 13.5 Å². The molecule has 1 atom stereocenters. The van der Waals surface area contributed by atoms with Gasteiger partial charge in [0.15, 0.2) is 0 Å². The summed E-state index contributed by atoms with van der Waals surface area (Å²) in [5.41, 5.74) is 0.706. The maximum atomic E-state index is 14.5. The highest BCUT2D eigenvalue weighted by molar-refractivity contribution is 5.80. The van der Waals surface area contributed by atoms with Crippen LogP contribution < -0.4 is 4.74 Å². The summed E-state index contributed by atoms with van der Waals surface area (Å²) in [6.45, 7) is 8.18. The Morgan fingerprint density at radius 3 is 2.40 bits per heavy atom. The van der Waals surface area contributed by atoms with Crippen LogP contribution in [-0.4, -0.2) is 4.98 Å². The maximum absolute atomic E-state index is 14.5. The molecular formula is C21H21F2NO. The van der Waals surface area contributed by atoms with Crippen LogP contribution in [0, 0.1) is 17.0 Å². The fraction of sp³-hybridized carbons (Fsp3) is 0.286. The van der Waals surface area contributed by atoms with E-state index in [1.54, 1.807) is 30.3 Å². The lowest BCUT2D eigenvalue weighted by Crippen LogP contribution is -2.17. The summed E-state index contributed by atoms with van der Waals surface area (Å²) < 4.78 is 34.2. The molecule has 0 saturated heterocycles. The molecule has 2 nitrogen and oxygen atoms in total. The molecule has 1 unspecified atom stereocenters. The summed E-state index contributed by atoms with van der Waals surface area (Å²) in [5, 5.41) is 0.638. The van der Waals surface area contributed by atoms with Crippen molar-refractivity contribution >= 4 is 10.9 Å². The largest absolute Gasteiger partial charge is 0.455 e. The van der Waals surface area contributed by atoms with Crippen molar-refractivity contribution in [1.29, 1.82) is 0 Å². The number of para-hydroxylation sites is 1. The Morgan fingerprint density at radius 1 is 1.00 bits per heavy atom. The molecule has 25 heavy (non-hydrogen) atoms. The smallest absolute Gasteiger partial charge is 0.149 e. The molecule has 0 N–H and O–H groups in total. The summed E-state index contributed by atoms with van der Waals surface area (Å²) in [6, 6.07) is 11.3. The zero-order valence-electron chi connectivity index (χ0n) is 14.8. The molecule has 3 aromatic rings. The van der Waals surface area contributed by atoms with Crippen molar-refractivity contribution in [3.05, 3.63) is 65.9 Å². The first kappa shape index (κ1) is 17.3. The molecule has 1 heterocycles. The van der Waals surface area contributed by atoms with Crippen LogP contribution >= 0.6 is 0 Å². The Kier molecular flexibility index (Phi) is 4.46. The summed E-state index contributed by atoms with van der Waals surface area (Å²) >= 11 is 0. The highest BCUT2D eigenvalue weighted by Gasteiger charge is 2.27. The quantitative estimate of drug-likeness (QED) is 0.546. The molecule has 0 bridgehead atoms. The molecule has 0 fully saturated rings. The molecule has 0 spiro atoms. The molecule has 130 valence electrons. The number of hydrogen-bond acceptors (Lipinski definition) is 2. The standard InChI is InChI=1S/C21H21F2NO/c1-13(21(2,3)4)19-16(22)8-6-10-18(19)25-15-11-14-7-5-9-17(23)20(14)24-12-15/h5-13H,1-4H3. The van der Waals surface area contributed by atoms with Crippen LogP contribution in [0.4, 0.5) is 8.78 Å². The van der Waals surface area contributed by atoms with Gasteiger partial charge in [0.25, 0.3) is 0 Å². The van der Waals surface area contributed by atoms with Crippen LogP contribution in [0.15, 0.2) is 48.7 Å². The third-order valence-corrected chi connectivity index (χ3v) is 4.61.